The van der Waals surface area contributed by atoms with Crippen molar-refractivity contribution in [1.82, 2.24) is 4.90 Å². The molecule has 132 valence electrons. The summed E-state index contributed by atoms with van der Waals surface area (Å²) in [5, 5.41) is 2.94. The van der Waals surface area contributed by atoms with Crippen molar-refractivity contribution in [2.75, 3.05) is 42.9 Å². The third kappa shape index (κ3) is 4.26. The van der Waals surface area contributed by atoms with Crippen molar-refractivity contribution in [1.29, 1.82) is 0 Å². The molecule has 0 aromatic heterocycles. The van der Waals surface area contributed by atoms with Crippen molar-refractivity contribution in [2.45, 2.75) is 6.42 Å². The van der Waals surface area contributed by atoms with E-state index in [-0.39, 0.29) is 17.5 Å². The maximum absolute atomic E-state index is 13.8. The molecule has 0 spiro atoms. The number of hydrogen-bond donors (Lipinski definition) is 1. The molecule has 1 amide bonds. The van der Waals surface area contributed by atoms with Gasteiger partial charge in [-0.15, -0.1) is 0 Å². The van der Waals surface area contributed by atoms with Gasteiger partial charge in [0, 0.05) is 39.1 Å². The van der Waals surface area contributed by atoms with Crippen LogP contribution in [0.1, 0.15) is 6.42 Å². The fraction of sp³-hybridized carbons (Fsp3) is 0.316. The number of carbonyl (C=O) groups is 1. The highest BCUT2D eigenvalue weighted by Gasteiger charge is 2.22. The number of para-hydroxylation sites is 2. The lowest BCUT2D eigenvalue weighted by atomic mass is 10.2. The molecule has 25 heavy (non-hydrogen) atoms. The van der Waals surface area contributed by atoms with Gasteiger partial charge in [0.15, 0.2) is 0 Å². The summed E-state index contributed by atoms with van der Waals surface area (Å²) in [4.78, 5) is 16.0. The normalized spacial score (nSPS) is 14.5. The molecule has 4 nitrogen and oxygen atoms in total. The summed E-state index contributed by atoms with van der Waals surface area (Å²) in [6.07, 6.45) is 0.300. The van der Waals surface area contributed by atoms with Crippen LogP contribution in [0.4, 0.5) is 20.2 Å². The Hall–Kier alpha value is -2.63. The van der Waals surface area contributed by atoms with Crippen molar-refractivity contribution in [3.05, 3.63) is 60.2 Å². The van der Waals surface area contributed by atoms with E-state index in [1.165, 1.54) is 12.1 Å². The molecule has 3 rings (SSSR count). The highest BCUT2D eigenvalue weighted by molar-refractivity contribution is 5.77. The molecule has 1 heterocycles. The molecular weight excluding hydrogens is 324 g/mol. The lowest BCUT2D eigenvalue weighted by Crippen LogP contribution is -2.49. The molecule has 1 N–H and O–H groups in total. The number of nitrogens with one attached hydrogen (secondary N) is 1. The smallest absolute Gasteiger partial charge is 0.224 e. The Kier molecular flexibility index (Phi) is 5.48. The van der Waals surface area contributed by atoms with Gasteiger partial charge < -0.3 is 15.1 Å². The van der Waals surface area contributed by atoms with Gasteiger partial charge in [-0.05, 0) is 24.3 Å². The minimum Gasteiger partial charge on any atom is -0.382 e. The molecule has 1 aliphatic rings. The van der Waals surface area contributed by atoms with E-state index in [9.17, 15) is 13.6 Å². The Morgan fingerprint density at radius 1 is 0.920 bits per heavy atom. The van der Waals surface area contributed by atoms with Crippen molar-refractivity contribution in [2.24, 2.45) is 0 Å². The highest BCUT2D eigenvalue weighted by Crippen LogP contribution is 2.20. The molecule has 0 radical (unpaired) electrons. The lowest BCUT2D eigenvalue weighted by molar-refractivity contribution is -0.131. The van der Waals surface area contributed by atoms with Crippen molar-refractivity contribution >= 4 is 17.3 Å². The number of carbonyl (C=O) groups excluding carboxylic acids is 1. The van der Waals surface area contributed by atoms with Crippen LogP contribution in [0.3, 0.4) is 0 Å². The first-order valence-corrected chi connectivity index (χ1v) is 8.41. The first kappa shape index (κ1) is 17.2. The van der Waals surface area contributed by atoms with Crippen LogP contribution in [0.5, 0.6) is 0 Å². The average Bonchev–Trinajstić information content (AvgIpc) is 2.64. The SMILES string of the molecule is O=C(CCNc1ccccc1F)N1CCN(c2ccccc2F)CC1. The summed E-state index contributed by atoms with van der Waals surface area (Å²) < 4.78 is 27.3. The standard InChI is InChI=1S/C19H21F2N3O/c20-15-5-1-3-7-17(15)22-10-9-19(25)24-13-11-23(12-14-24)18-8-4-2-6-16(18)21/h1-8,22H,9-14H2. The number of piperazine rings is 1. The minimum absolute atomic E-state index is 0.0250. The Labute approximate surface area is 146 Å². The monoisotopic (exact) mass is 345 g/mol. The number of nitrogens with zero attached hydrogens (tertiary/aromatic N) is 2. The number of rotatable bonds is 5. The Morgan fingerprint density at radius 3 is 2.24 bits per heavy atom. The molecule has 0 atom stereocenters. The molecular formula is C19H21F2N3O. The molecule has 2 aromatic carbocycles. The van der Waals surface area contributed by atoms with Crippen LogP contribution in [-0.2, 0) is 4.79 Å². The van der Waals surface area contributed by atoms with Crippen LogP contribution < -0.4 is 10.2 Å². The summed E-state index contributed by atoms with van der Waals surface area (Å²) in [6.45, 7) is 2.72. The number of amides is 1. The van der Waals surface area contributed by atoms with E-state index in [1.54, 1.807) is 35.2 Å². The predicted octanol–water partition coefficient (Wildman–Crippen LogP) is 3.12. The number of benzene rings is 2. The van der Waals surface area contributed by atoms with Gasteiger partial charge >= 0.3 is 0 Å². The molecule has 0 unspecified atom stereocenters. The zero-order valence-corrected chi connectivity index (χ0v) is 13.9. The van der Waals surface area contributed by atoms with Crippen LogP contribution in [-0.4, -0.2) is 43.5 Å². The molecule has 1 saturated heterocycles. The summed E-state index contributed by atoms with van der Waals surface area (Å²) in [5.41, 5.74) is 0.982. The number of halogens is 2. The van der Waals surface area contributed by atoms with Crippen molar-refractivity contribution in [3.8, 4) is 0 Å². The third-order valence-corrected chi connectivity index (χ3v) is 4.35. The van der Waals surface area contributed by atoms with E-state index in [4.69, 9.17) is 0 Å². The fourth-order valence-electron chi connectivity index (χ4n) is 2.97. The second kappa shape index (κ2) is 7.96. The summed E-state index contributed by atoms with van der Waals surface area (Å²) in [5.74, 6) is -0.540. The Bertz CT molecular complexity index is 730. The van der Waals surface area contributed by atoms with Gasteiger partial charge in [-0.25, -0.2) is 8.78 Å². The second-order valence-corrected chi connectivity index (χ2v) is 5.98. The number of anilines is 2. The van der Waals surface area contributed by atoms with E-state index in [0.717, 1.165) is 0 Å². The van der Waals surface area contributed by atoms with Crippen molar-refractivity contribution in [3.63, 3.8) is 0 Å². The molecule has 1 aliphatic heterocycles. The van der Waals surface area contributed by atoms with Crippen LogP contribution >= 0.6 is 0 Å². The summed E-state index contributed by atoms with van der Waals surface area (Å²) >= 11 is 0. The minimum atomic E-state index is -0.326. The van der Waals surface area contributed by atoms with Gasteiger partial charge in [-0.1, -0.05) is 24.3 Å². The molecule has 0 saturated carbocycles. The van der Waals surface area contributed by atoms with Crippen LogP contribution in [0, 0.1) is 11.6 Å². The zero-order chi connectivity index (χ0) is 17.6. The first-order chi connectivity index (χ1) is 12.1. The quantitative estimate of drug-likeness (QED) is 0.904. The van der Waals surface area contributed by atoms with Gasteiger partial charge in [-0.2, -0.15) is 0 Å². The molecule has 6 heteroatoms. The summed E-state index contributed by atoms with van der Waals surface area (Å²) in [6, 6.07) is 13.1. The van der Waals surface area contributed by atoms with Crippen molar-refractivity contribution < 1.29 is 13.6 Å². The van der Waals surface area contributed by atoms with Gasteiger partial charge in [0.25, 0.3) is 0 Å². The van der Waals surface area contributed by atoms with E-state index >= 15 is 0 Å². The third-order valence-electron chi connectivity index (χ3n) is 4.35. The first-order valence-electron chi connectivity index (χ1n) is 8.41. The summed E-state index contributed by atoms with van der Waals surface area (Å²) in [7, 11) is 0. The van der Waals surface area contributed by atoms with Gasteiger partial charge in [0.1, 0.15) is 11.6 Å². The average molecular weight is 345 g/mol. The molecule has 1 fully saturated rings. The second-order valence-electron chi connectivity index (χ2n) is 5.98. The largest absolute Gasteiger partial charge is 0.382 e. The van der Waals surface area contributed by atoms with E-state index in [0.29, 0.717) is 50.5 Å². The van der Waals surface area contributed by atoms with Gasteiger partial charge in [0.2, 0.25) is 5.91 Å². The zero-order valence-electron chi connectivity index (χ0n) is 13.9. The topological polar surface area (TPSA) is 35.6 Å². The fourth-order valence-corrected chi connectivity index (χ4v) is 2.97. The van der Waals surface area contributed by atoms with E-state index < -0.39 is 0 Å². The maximum atomic E-state index is 13.8. The molecule has 0 bridgehead atoms. The van der Waals surface area contributed by atoms with Gasteiger partial charge in [0.05, 0.1) is 11.4 Å². The predicted molar refractivity (Wildman–Crippen MR) is 94.7 cm³/mol. The lowest BCUT2D eigenvalue weighted by Gasteiger charge is -2.36. The maximum Gasteiger partial charge on any atom is 0.224 e. The Balaban J connectivity index is 1.46. The van der Waals surface area contributed by atoms with Gasteiger partial charge in [-0.3, -0.25) is 4.79 Å². The molecule has 2 aromatic rings. The van der Waals surface area contributed by atoms with Crippen LogP contribution in [0.2, 0.25) is 0 Å². The molecule has 0 aliphatic carbocycles. The van der Waals surface area contributed by atoms with E-state index in [2.05, 4.69) is 5.32 Å². The van der Waals surface area contributed by atoms with E-state index in [1.807, 2.05) is 11.0 Å². The number of hydrogen-bond acceptors (Lipinski definition) is 3. The van der Waals surface area contributed by atoms with Crippen LogP contribution in [0.25, 0.3) is 0 Å². The van der Waals surface area contributed by atoms with Crippen LogP contribution in [0.15, 0.2) is 48.5 Å². The Morgan fingerprint density at radius 2 is 1.56 bits per heavy atom. The highest BCUT2D eigenvalue weighted by atomic mass is 19.1.